The van der Waals surface area contributed by atoms with Crippen LogP contribution in [-0.2, 0) is 0 Å². The van der Waals surface area contributed by atoms with Crippen molar-refractivity contribution in [3.63, 3.8) is 0 Å². The van der Waals surface area contributed by atoms with E-state index in [1.54, 1.807) is 0 Å². The average Bonchev–Trinajstić information content (AvgIpc) is 2.05. The van der Waals surface area contributed by atoms with Crippen molar-refractivity contribution in [3.05, 3.63) is 30.1 Å². The van der Waals surface area contributed by atoms with Crippen molar-refractivity contribution >= 4 is 0 Å². The largest absolute Gasteiger partial charge is 0.307 e. The lowest BCUT2D eigenvalue weighted by Crippen LogP contribution is -2.26. The van der Waals surface area contributed by atoms with Crippen molar-refractivity contribution in [1.29, 1.82) is 0 Å². The van der Waals surface area contributed by atoms with Crippen LogP contribution in [0.5, 0.6) is 0 Å². The highest BCUT2D eigenvalue weighted by molar-refractivity contribution is 5.07. The van der Waals surface area contributed by atoms with E-state index in [4.69, 9.17) is 0 Å². The van der Waals surface area contributed by atoms with Gasteiger partial charge < -0.3 is 5.32 Å². The highest BCUT2D eigenvalue weighted by Crippen LogP contribution is 2.08. The normalized spacial score (nSPS) is 13.3. The number of nitrogens with one attached hydrogen (secondary N) is 1. The van der Waals surface area contributed by atoms with Crippen LogP contribution in [0.4, 0.5) is 0 Å². The molecule has 0 aliphatic carbocycles. The molecule has 1 rings (SSSR count). The Hall–Kier alpha value is -0.890. The smallest absolute Gasteiger partial charge is 0.0570 e. The second kappa shape index (κ2) is 4.21. The van der Waals surface area contributed by atoms with Crippen molar-refractivity contribution < 1.29 is 0 Å². The van der Waals surface area contributed by atoms with Crippen LogP contribution in [0.1, 0.15) is 32.5 Å². The molecule has 0 radical (unpaired) electrons. The zero-order valence-corrected chi connectivity index (χ0v) is 7.91. The molecule has 0 aliphatic rings. The SMILES string of the molecule is CC(C)N[C@H](C)c1ccccn1. The van der Waals surface area contributed by atoms with Crippen molar-refractivity contribution in [2.45, 2.75) is 32.9 Å². The van der Waals surface area contributed by atoms with E-state index in [1.807, 2.05) is 24.4 Å². The van der Waals surface area contributed by atoms with E-state index in [9.17, 15) is 0 Å². The fraction of sp³-hybridized carbons (Fsp3) is 0.500. The molecule has 66 valence electrons. The number of hydrogen-bond donors (Lipinski definition) is 1. The molecular formula is C10H16N2. The van der Waals surface area contributed by atoms with Gasteiger partial charge in [-0.05, 0) is 19.1 Å². The number of hydrogen-bond acceptors (Lipinski definition) is 2. The number of pyridine rings is 1. The van der Waals surface area contributed by atoms with Crippen molar-refractivity contribution in [2.24, 2.45) is 0 Å². The maximum absolute atomic E-state index is 4.27. The topological polar surface area (TPSA) is 24.9 Å². The van der Waals surface area contributed by atoms with Gasteiger partial charge in [0.25, 0.3) is 0 Å². The Labute approximate surface area is 74.0 Å². The molecule has 0 amide bonds. The van der Waals surface area contributed by atoms with Gasteiger partial charge in [0.2, 0.25) is 0 Å². The molecule has 0 fully saturated rings. The van der Waals surface area contributed by atoms with Gasteiger partial charge >= 0.3 is 0 Å². The molecule has 0 aliphatic heterocycles. The van der Waals surface area contributed by atoms with Gasteiger partial charge in [0.05, 0.1) is 5.69 Å². The zero-order valence-electron chi connectivity index (χ0n) is 7.91. The van der Waals surface area contributed by atoms with E-state index in [-0.39, 0.29) is 0 Å². The van der Waals surface area contributed by atoms with Crippen molar-refractivity contribution in [2.75, 3.05) is 0 Å². The predicted octanol–water partition coefficient (Wildman–Crippen LogP) is 2.14. The standard InChI is InChI=1S/C10H16N2/c1-8(2)12-9(3)10-6-4-5-7-11-10/h4-9,12H,1-3H3/t9-/m1/s1. The Bertz CT molecular complexity index is 219. The molecule has 2 nitrogen and oxygen atoms in total. The molecular weight excluding hydrogens is 148 g/mol. The first-order valence-electron chi connectivity index (χ1n) is 4.37. The number of aromatic nitrogens is 1. The Morgan fingerprint density at radius 3 is 2.50 bits per heavy atom. The third kappa shape index (κ3) is 2.62. The fourth-order valence-electron chi connectivity index (χ4n) is 1.22. The van der Waals surface area contributed by atoms with Gasteiger partial charge in [0, 0.05) is 18.3 Å². The van der Waals surface area contributed by atoms with Gasteiger partial charge in [-0.15, -0.1) is 0 Å². The summed E-state index contributed by atoms with van der Waals surface area (Å²) in [5.74, 6) is 0. The van der Waals surface area contributed by atoms with E-state index >= 15 is 0 Å². The second-order valence-corrected chi connectivity index (χ2v) is 3.30. The molecule has 0 spiro atoms. The molecule has 0 saturated carbocycles. The summed E-state index contributed by atoms with van der Waals surface area (Å²) in [6, 6.07) is 6.83. The number of rotatable bonds is 3. The van der Waals surface area contributed by atoms with Gasteiger partial charge in [0.15, 0.2) is 0 Å². The van der Waals surface area contributed by atoms with Crippen LogP contribution in [-0.4, -0.2) is 11.0 Å². The quantitative estimate of drug-likeness (QED) is 0.740. The Kier molecular flexibility index (Phi) is 3.23. The second-order valence-electron chi connectivity index (χ2n) is 3.30. The van der Waals surface area contributed by atoms with Crippen LogP contribution in [0.25, 0.3) is 0 Å². The summed E-state index contributed by atoms with van der Waals surface area (Å²) in [5.41, 5.74) is 1.10. The summed E-state index contributed by atoms with van der Waals surface area (Å²) < 4.78 is 0. The van der Waals surface area contributed by atoms with E-state index in [2.05, 4.69) is 31.1 Å². The minimum absolute atomic E-state index is 0.339. The van der Waals surface area contributed by atoms with Crippen molar-refractivity contribution in [1.82, 2.24) is 10.3 Å². The van der Waals surface area contributed by atoms with Crippen LogP contribution in [0.2, 0.25) is 0 Å². The first-order chi connectivity index (χ1) is 5.70. The van der Waals surface area contributed by atoms with Gasteiger partial charge in [0.1, 0.15) is 0 Å². The average molecular weight is 164 g/mol. The van der Waals surface area contributed by atoms with Gasteiger partial charge in [-0.1, -0.05) is 19.9 Å². The van der Waals surface area contributed by atoms with Crippen LogP contribution in [0.15, 0.2) is 24.4 Å². The third-order valence-corrected chi connectivity index (χ3v) is 1.71. The van der Waals surface area contributed by atoms with Crippen LogP contribution < -0.4 is 5.32 Å². The zero-order chi connectivity index (χ0) is 8.97. The van der Waals surface area contributed by atoms with Gasteiger partial charge in [-0.2, -0.15) is 0 Å². The summed E-state index contributed by atoms with van der Waals surface area (Å²) in [6.45, 7) is 6.40. The Balaban J connectivity index is 2.59. The lowest BCUT2D eigenvalue weighted by Gasteiger charge is -2.15. The summed E-state index contributed by atoms with van der Waals surface area (Å²) in [6.07, 6.45) is 1.83. The summed E-state index contributed by atoms with van der Waals surface area (Å²) >= 11 is 0. The van der Waals surface area contributed by atoms with E-state index in [0.29, 0.717) is 12.1 Å². The molecule has 2 heteroatoms. The Morgan fingerprint density at radius 1 is 1.25 bits per heavy atom. The first-order valence-corrected chi connectivity index (χ1v) is 4.37. The van der Waals surface area contributed by atoms with Gasteiger partial charge in [-0.3, -0.25) is 4.98 Å². The predicted molar refractivity (Wildman–Crippen MR) is 50.9 cm³/mol. The van der Waals surface area contributed by atoms with E-state index < -0.39 is 0 Å². The molecule has 0 bridgehead atoms. The molecule has 1 heterocycles. The monoisotopic (exact) mass is 164 g/mol. The third-order valence-electron chi connectivity index (χ3n) is 1.71. The lowest BCUT2D eigenvalue weighted by atomic mass is 10.2. The van der Waals surface area contributed by atoms with Crippen LogP contribution >= 0.6 is 0 Å². The Morgan fingerprint density at radius 2 is 2.00 bits per heavy atom. The molecule has 0 unspecified atom stereocenters. The molecule has 1 atom stereocenters. The number of nitrogens with zero attached hydrogens (tertiary/aromatic N) is 1. The maximum Gasteiger partial charge on any atom is 0.0570 e. The fourth-order valence-corrected chi connectivity index (χ4v) is 1.22. The molecule has 1 N–H and O–H groups in total. The maximum atomic E-state index is 4.27. The summed E-state index contributed by atoms with van der Waals surface area (Å²) in [4.78, 5) is 4.27. The molecule has 0 saturated heterocycles. The summed E-state index contributed by atoms with van der Waals surface area (Å²) in [5, 5.41) is 3.40. The summed E-state index contributed by atoms with van der Waals surface area (Å²) in [7, 11) is 0. The minimum Gasteiger partial charge on any atom is -0.307 e. The van der Waals surface area contributed by atoms with Crippen molar-refractivity contribution in [3.8, 4) is 0 Å². The van der Waals surface area contributed by atoms with Crippen LogP contribution in [0.3, 0.4) is 0 Å². The van der Waals surface area contributed by atoms with Crippen LogP contribution in [0, 0.1) is 0 Å². The lowest BCUT2D eigenvalue weighted by molar-refractivity contribution is 0.497. The highest BCUT2D eigenvalue weighted by atomic mass is 15.0. The van der Waals surface area contributed by atoms with E-state index in [0.717, 1.165) is 5.69 Å². The van der Waals surface area contributed by atoms with Gasteiger partial charge in [-0.25, -0.2) is 0 Å². The molecule has 12 heavy (non-hydrogen) atoms. The molecule has 1 aromatic heterocycles. The van der Waals surface area contributed by atoms with E-state index in [1.165, 1.54) is 0 Å². The molecule has 0 aromatic carbocycles. The minimum atomic E-state index is 0.339. The molecule has 1 aromatic rings. The first kappa shape index (κ1) is 9.20. The highest BCUT2D eigenvalue weighted by Gasteiger charge is 2.05.